The zero-order valence-corrected chi connectivity index (χ0v) is 18.9. The van der Waals surface area contributed by atoms with Crippen molar-refractivity contribution in [1.82, 2.24) is 0 Å². The number of methoxy groups -OCH3 is 1. The maximum absolute atomic E-state index is 11.7. The minimum atomic E-state index is -4.26. The Morgan fingerprint density at radius 3 is 2.23 bits per heavy atom. The molecule has 11 heteroatoms. The van der Waals surface area contributed by atoms with Crippen molar-refractivity contribution in [3.05, 3.63) is 52.6 Å². The Labute approximate surface area is 176 Å². The maximum atomic E-state index is 11.7. The zero-order valence-electron chi connectivity index (χ0n) is 17.2. The third-order valence-electron chi connectivity index (χ3n) is 4.12. The van der Waals surface area contributed by atoms with Crippen LogP contribution in [0.5, 0.6) is 11.5 Å². The normalized spacial score (nSPS) is 11.9. The molecule has 0 aliphatic heterocycles. The summed E-state index contributed by atoms with van der Waals surface area (Å²) in [5, 5.41) is 0. The Balaban J connectivity index is 2.30. The monoisotopic (exact) mass is 459 g/mol. The van der Waals surface area contributed by atoms with E-state index in [0.717, 1.165) is 28.5 Å². The summed E-state index contributed by atoms with van der Waals surface area (Å²) in [6.07, 6.45) is 0.887. The highest BCUT2D eigenvalue weighted by molar-refractivity contribution is 7.92. The number of hydrogen-bond acceptors (Lipinski definition) is 6. The van der Waals surface area contributed by atoms with Gasteiger partial charge < -0.3 is 24.0 Å². The minimum Gasteiger partial charge on any atom is -0.481 e. The van der Waals surface area contributed by atoms with Gasteiger partial charge in [-0.15, -0.1) is 0 Å². The molecule has 0 aromatic heterocycles. The summed E-state index contributed by atoms with van der Waals surface area (Å²) in [4.78, 5) is 17.9. The molecule has 30 heavy (non-hydrogen) atoms. The first kappa shape index (κ1) is 24.2. The lowest BCUT2D eigenvalue weighted by molar-refractivity contribution is 0.0516. The van der Waals surface area contributed by atoms with E-state index in [1.54, 1.807) is 24.3 Å². The van der Waals surface area contributed by atoms with E-state index < -0.39 is 24.0 Å². The number of aryl methyl sites for hydroxylation is 2. The summed E-state index contributed by atoms with van der Waals surface area (Å²) in [5.41, 5.74) is 3.92. The Morgan fingerprint density at radius 2 is 1.70 bits per heavy atom. The zero-order chi connectivity index (χ0) is 22.5. The van der Waals surface area contributed by atoms with Crippen LogP contribution < -0.4 is 14.2 Å². The number of nitrogens with one attached hydrogen (secondary N) is 1. The van der Waals surface area contributed by atoms with Crippen LogP contribution in [-0.4, -0.2) is 44.7 Å². The second-order valence-electron chi connectivity index (χ2n) is 6.91. The van der Waals surface area contributed by atoms with E-state index in [0.29, 0.717) is 23.6 Å². The van der Waals surface area contributed by atoms with Gasteiger partial charge in [0.05, 0.1) is 11.9 Å². The van der Waals surface area contributed by atoms with E-state index >= 15 is 0 Å². The van der Waals surface area contributed by atoms with E-state index in [9.17, 15) is 13.0 Å². The molecule has 0 atom stereocenters. The van der Waals surface area contributed by atoms with Crippen LogP contribution in [0.1, 0.15) is 22.3 Å². The van der Waals surface area contributed by atoms with Crippen molar-refractivity contribution in [2.45, 2.75) is 20.3 Å². The molecule has 0 heterocycles. The van der Waals surface area contributed by atoms with Crippen LogP contribution in [-0.2, 0) is 25.7 Å². The quantitative estimate of drug-likeness (QED) is 0.365. The molecular weight excluding hydrogens is 433 g/mol. The highest BCUT2D eigenvalue weighted by Gasteiger charge is 2.16. The Morgan fingerprint density at radius 1 is 1.07 bits per heavy atom. The van der Waals surface area contributed by atoms with E-state index in [2.05, 4.69) is 4.72 Å². The van der Waals surface area contributed by atoms with Crippen molar-refractivity contribution in [2.24, 2.45) is 0 Å². The van der Waals surface area contributed by atoms with Gasteiger partial charge in [0.15, 0.2) is 13.1 Å². The first-order valence-electron chi connectivity index (χ1n) is 8.88. The van der Waals surface area contributed by atoms with Crippen LogP contribution in [0.15, 0.2) is 30.3 Å². The Kier molecular flexibility index (Phi) is 7.90. The fourth-order valence-electron chi connectivity index (χ4n) is 2.89. The van der Waals surface area contributed by atoms with Gasteiger partial charge in [0.25, 0.3) is 0 Å². The van der Waals surface area contributed by atoms with Crippen molar-refractivity contribution in [3.8, 4) is 11.5 Å². The van der Waals surface area contributed by atoms with E-state index in [4.69, 9.17) is 24.0 Å². The molecule has 0 amide bonds. The summed E-state index contributed by atoms with van der Waals surface area (Å²) in [6.45, 7) is 3.73. The molecule has 166 valence electrons. The van der Waals surface area contributed by atoms with E-state index in [1.807, 2.05) is 19.9 Å². The van der Waals surface area contributed by atoms with Crippen molar-refractivity contribution in [2.75, 3.05) is 31.2 Å². The molecule has 0 unspecified atom stereocenters. The van der Waals surface area contributed by atoms with Gasteiger partial charge in [-0.25, -0.2) is 8.42 Å². The van der Waals surface area contributed by atoms with E-state index in [1.165, 1.54) is 7.11 Å². The Hall–Kier alpha value is -2.10. The number of rotatable bonds is 10. The molecule has 3 N–H and O–H groups in total. The van der Waals surface area contributed by atoms with Gasteiger partial charge in [-0.2, -0.15) is 0 Å². The summed E-state index contributed by atoms with van der Waals surface area (Å²) in [6, 6.07) is 8.62. The molecule has 0 saturated carbocycles. The summed E-state index contributed by atoms with van der Waals surface area (Å²) in [7, 11) is -6.30. The van der Waals surface area contributed by atoms with Crippen LogP contribution in [0, 0.1) is 13.8 Å². The fourth-order valence-corrected chi connectivity index (χ4v) is 3.77. The third kappa shape index (κ3) is 7.62. The molecule has 0 aliphatic carbocycles. The van der Waals surface area contributed by atoms with Crippen LogP contribution in [0.3, 0.4) is 0 Å². The van der Waals surface area contributed by atoms with Gasteiger partial charge in [0.2, 0.25) is 10.0 Å². The summed E-state index contributed by atoms with van der Waals surface area (Å²) < 4.78 is 52.4. The second-order valence-corrected chi connectivity index (χ2v) is 10.2. The first-order valence-corrected chi connectivity index (χ1v) is 12.6. The first-order chi connectivity index (χ1) is 13.9. The lowest BCUT2D eigenvalue weighted by Crippen LogP contribution is -2.12. The summed E-state index contributed by atoms with van der Waals surface area (Å²) >= 11 is 0. The molecule has 0 saturated heterocycles. The molecule has 0 spiro atoms. The van der Waals surface area contributed by atoms with Gasteiger partial charge >= 0.3 is 7.60 Å². The van der Waals surface area contributed by atoms with Crippen LogP contribution in [0.25, 0.3) is 0 Å². The molecular formula is C19H26NO8PS. The third-order valence-corrected chi connectivity index (χ3v) is 5.18. The lowest BCUT2D eigenvalue weighted by Gasteiger charge is -2.16. The van der Waals surface area contributed by atoms with Gasteiger partial charge in [-0.1, -0.05) is 6.07 Å². The van der Waals surface area contributed by atoms with Crippen molar-refractivity contribution in [1.29, 1.82) is 0 Å². The van der Waals surface area contributed by atoms with Crippen molar-refractivity contribution < 1.29 is 37.0 Å². The van der Waals surface area contributed by atoms with Crippen molar-refractivity contribution in [3.63, 3.8) is 0 Å². The second kappa shape index (κ2) is 9.80. The molecule has 0 bridgehead atoms. The minimum absolute atomic E-state index is 0.0217. The number of anilines is 1. The molecule has 2 aromatic rings. The number of hydrogen-bond donors (Lipinski definition) is 3. The van der Waals surface area contributed by atoms with Crippen molar-refractivity contribution >= 4 is 23.3 Å². The SMILES string of the molecule is COCOc1ccc(Cc2c(C)cc(OCP(=O)(O)O)cc2C)cc1NS(C)(=O)=O. The molecule has 0 fully saturated rings. The van der Waals surface area contributed by atoms with E-state index in [-0.39, 0.29) is 6.79 Å². The predicted octanol–water partition coefficient (Wildman–Crippen LogP) is 2.76. The molecule has 0 aliphatic rings. The predicted molar refractivity (Wildman–Crippen MR) is 114 cm³/mol. The number of benzene rings is 2. The van der Waals surface area contributed by atoms with Crippen LogP contribution >= 0.6 is 7.60 Å². The van der Waals surface area contributed by atoms with Gasteiger partial charge in [0.1, 0.15) is 11.5 Å². The molecule has 2 aromatic carbocycles. The van der Waals surface area contributed by atoms with Gasteiger partial charge in [-0.05, 0) is 66.8 Å². The number of ether oxygens (including phenoxy) is 3. The largest absolute Gasteiger partial charge is 0.481 e. The topological polar surface area (TPSA) is 131 Å². The smallest absolute Gasteiger partial charge is 0.362 e. The Bertz CT molecular complexity index is 1030. The van der Waals surface area contributed by atoms with Gasteiger partial charge in [0, 0.05) is 7.11 Å². The highest BCUT2D eigenvalue weighted by atomic mass is 32.2. The average Bonchev–Trinajstić information content (AvgIpc) is 2.60. The molecule has 0 radical (unpaired) electrons. The highest BCUT2D eigenvalue weighted by Crippen LogP contribution is 2.35. The maximum Gasteiger partial charge on any atom is 0.362 e. The van der Waals surface area contributed by atoms with Gasteiger partial charge in [-0.3, -0.25) is 9.29 Å². The van der Waals surface area contributed by atoms with Crippen LogP contribution in [0.4, 0.5) is 5.69 Å². The average molecular weight is 459 g/mol. The number of sulfonamides is 1. The fraction of sp³-hybridized carbons (Fsp3) is 0.368. The molecule has 9 nitrogen and oxygen atoms in total. The summed E-state index contributed by atoms with van der Waals surface area (Å²) in [5.74, 6) is 0.723. The van der Waals surface area contributed by atoms with Crippen LogP contribution in [0.2, 0.25) is 0 Å². The standard InChI is InChI=1S/C19H26NO8PS/c1-13-7-16(28-12-29(21,22)23)8-14(2)17(13)9-15-5-6-19(27-11-26-3)18(10-15)20-30(4,24)25/h5-8,10,20H,9,11-12H2,1-4H3,(H2,21,22,23). The lowest BCUT2D eigenvalue weighted by atomic mass is 9.95. The molecule has 2 rings (SSSR count).